The number of nitrogens with two attached hydrogens (primary N) is 1. The molecular weight excluding hydrogens is 240 g/mol. The molecule has 0 aliphatic rings. The fourth-order valence-electron chi connectivity index (χ4n) is 1.82. The number of rotatable bonds is 7. The van der Waals surface area contributed by atoms with E-state index < -0.39 is 0 Å². The number of amides is 1. The maximum absolute atomic E-state index is 11.5. The van der Waals surface area contributed by atoms with Crippen LogP contribution in [0.3, 0.4) is 0 Å². The Morgan fingerprint density at radius 3 is 2.58 bits per heavy atom. The minimum Gasteiger partial charge on any atom is -0.357 e. The van der Waals surface area contributed by atoms with E-state index in [9.17, 15) is 4.79 Å². The van der Waals surface area contributed by atoms with Crippen LogP contribution in [-0.2, 0) is 11.3 Å². The minimum atomic E-state index is -0.108. The van der Waals surface area contributed by atoms with Gasteiger partial charge in [0, 0.05) is 38.3 Å². The first-order valence-corrected chi connectivity index (χ1v) is 6.79. The highest BCUT2D eigenvalue weighted by Crippen LogP contribution is 2.10. The van der Waals surface area contributed by atoms with E-state index in [4.69, 9.17) is 5.73 Å². The molecule has 0 aliphatic heterocycles. The average Bonchev–Trinajstić information content (AvgIpc) is 2.38. The van der Waals surface area contributed by atoms with Gasteiger partial charge in [-0.1, -0.05) is 6.07 Å². The summed E-state index contributed by atoms with van der Waals surface area (Å²) in [5.41, 5.74) is 6.56. The molecule has 5 nitrogen and oxygen atoms in total. The molecule has 19 heavy (non-hydrogen) atoms. The molecule has 0 saturated carbocycles. The zero-order chi connectivity index (χ0) is 14.3. The van der Waals surface area contributed by atoms with Gasteiger partial charge in [-0.3, -0.25) is 4.79 Å². The predicted molar refractivity (Wildman–Crippen MR) is 77.9 cm³/mol. The summed E-state index contributed by atoms with van der Waals surface area (Å²) in [5.74, 6) is 0.943. The van der Waals surface area contributed by atoms with Gasteiger partial charge in [0.1, 0.15) is 5.82 Å². The van der Waals surface area contributed by atoms with E-state index in [1.54, 1.807) is 6.20 Å². The fraction of sp³-hybridized carbons (Fsp3) is 0.571. The third-order valence-corrected chi connectivity index (χ3v) is 2.89. The van der Waals surface area contributed by atoms with Gasteiger partial charge in [0.25, 0.3) is 0 Å². The first-order valence-electron chi connectivity index (χ1n) is 6.79. The summed E-state index contributed by atoms with van der Waals surface area (Å²) < 4.78 is 0. The standard InChI is InChI=1S/C14H24N4O/c1-4-18(5-2)13-7-6-12(9-16-13)10-17-14(19)8-11(3)15/h6-7,9,11H,4-5,8,10,15H2,1-3H3,(H,17,19). The predicted octanol–water partition coefficient (Wildman–Crippen LogP) is 1.28. The molecule has 1 unspecified atom stereocenters. The largest absolute Gasteiger partial charge is 0.357 e. The Labute approximate surface area is 115 Å². The lowest BCUT2D eigenvalue weighted by Gasteiger charge is -2.19. The van der Waals surface area contributed by atoms with Gasteiger partial charge < -0.3 is 16.0 Å². The van der Waals surface area contributed by atoms with Crippen LogP contribution in [0, 0.1) is 0 Å². The molecule has 0 aromatic carbocycles. The van der Waals surface area contributed by atoms with Gasteiger partial charge in [-0.05, 0) is 32.4 Å². The average molecular weight is 264 g/mol. The van der Waals surface area contributed by atoms with Crippen LogP contribution in [0.25, 0.3) is 0 Å². The van der Waals surface area contributed by atoms with E-state index in [1.165, 1.54) is 0 Å². The molecule has 0 bridgehead atoms. The van der Waals surface area contributed by atoms with Crippen molar-refractivity contribution >= 4 is 11.7 Å². The van der Waals surface area contributed by atoms with E-state index in [1.807, 2.05) is 19.1 Å². The van der Waals surface area contributed by atoms with Gasteiger partial charge in [-0.2, -0.15) is 0 Å². The molecule has 0 spiro atoms. The lowest BCUT2D eigenvalue weighted by atomic mass is 10.2. The van der Waals surface area contributed by atoms with Gasteiger partial charge in [0.2, 0.25) is 5.91 Å². The third-order valence-electron chi connectivity index (χ3n) is 2.89. The Balaban J connectivity index is 2.50. The Kier molecular flexibility index (Phi) is 6.29. The monoisotopic (exact) mass is 264 g/mol. The molecule has 0 saturated heterocycles. The summed E-state index contributed by atoms with van der Waals surface area (Å²) in [5, 5.41) is 2.83. The Bertz CT molecular complexity index is 385. The molecule has 3 N–H and O–H groups in total. The zero-order valence-corrected chi connectivity index (χ0v) is 12.0. The van der Waals surface area contributed by atoms with Crippen LogP contribution in [0.2, 0.25) is 0 Å². The summed E-state index contributed by atoms with van der Waals surface area (Å²) >= 11 is 0. The number of carbonyl (C=O) groups is 1. The number of nitrogens with zero attached hydrogens (tertiary/aromatic N) is 2. The highest BCUT2D eigenvalue weighted by Gasteiger charge is 2.06. The lowest BCUT2D eigenvalue weighted by molar-refractivity contribution is -0.121. The van der Waals surface area contributed by atoms with Crippen molar-refractivity contribution in [1.82, 2.24) is 10.3 Å². The molecule has 1 amide bonds. The van der Waals surface area contributed by atoms with Crippen LogP contribution in [0.15, 0.2) is 18.3 Å². The molecule has 1 rings (SSSR count). The van der Waals surface area contributed by atoms with Crippen LogP contribution in [0.1, 0.15) is 32.8 Å². The topological polar surface area (TPSA) is 71.2 Å². The van der Waals surface area contributed by atoms with Crippen molar-refractivity contribution in [1.29, 1.82) is 0 Å². The maximum Gasteiger partial charge on any atom is 0.221 e. The number of anilines is 1. The van der Waals surface area contributed by atoms with Crippen LogP contribution in [0.5, 0.6) is 0 Å². The van der Waals surface area contributed by atoms with E-state index >= 15 is 0 Å². The number of nitrogens with one attached hydrogen (secondary N) is 1. The van der Waals surface area contributed by atoms with Gasteiger partial charge >= 0.3 is 0 Å². The maximum atomic E-state index is 11.5. The fourth-order valence-corrected chi connectivity index (χ4v) is 1.82. The smallest absolute Gasteiger partial charge is 0.221 e. The van der Waals surface area contributed by atoms with Crippen molar-refractivity contribution in [3.63, 3.8) is 0 Å². The van der Waals surface area contributed by atoms with Gasteiger partial charge in [0.05, 0.1) is 0 Å². The van der Waals surface area contributed by atoms with E-state index in [-0.39, 0.29) is 11.9 Å². The molecule has 106 valence electrons. The molecule has 0 fully saturated rings. The lowest BCUT2D eigenvalue weighted by Crippen LogP contribution is -2.29. The quantitative estimate of drug-likeness (QED) is 0.778. The Hall–Kier alpha value is -1.62. The molecule has 0 radical (unpaired) electrons. The first kappa shape index (κ1) is 15.4. The summed E-state index contributed by atoms with van der Waals surface area (Å²) in [7, 11) is 0. The van der Waals surface area contributed by atoms with Crippen LogP contribution in [0.4, 0.5) is 5.82 Å². The summed E-state index contributed by atoms with van der Waals surface area (Å²) in [6, 6.07) is 3.87. The van der Waals surface area contributed by atoms with Crippen LogP contribution < -0.4 is 16.0 Å². The minimum absolute atomic E-state index is 0.0252. The van der Waals surface area contributed by atoms with Crippen molar-refractivity contribution in [2.45, 2.75) is 39.8 Å². The number of hydrogen-bond acceptors (Lipinski definition) is 4. The summed E-state index contributed by atoms with van der Waals surface area (Å²) in [6.07, 6.45) is 2.16. The second kappa shape index (κ2) is 7.74. The number of hydrogen-bond donors (Lipinski definition) is 2. The second-order valence-electron chi connectivity index (χ2n) is 4.66. The molecule has 1 heterocycles. The number of aromatic nitrogens is 1. The SMILES string of the molecule is CCN(CC)c1ccc(CNC(=O)CC(C)N)cn1. The molecule has 1 atom stereocenters. The van der Waals surface area contributed by atoms with E-state index in [2.05, 4.69) is 29.0 Å². The van der Waals surface area contributed by atoms with Gasteiger partial charge in [-0.25, -0.2) is 4.98 Å². The summed E-state index contributed by atoms with van der Waals surface area (Å²) in [4.78, 5) is 18.1. The van der Waals surface area contributed by atoms with Crippen LogP contribution >= 0.6 is 0 Å². The molecule has 0 aliphatic carbocycles. The molecule has 5 heteroatoms. The van der Waals surface area contributed by atoms with Crippen LogP contribution in [-0.4, -0.2) is 30.0 Å². The van der Waals surface area contributed by atoms with Gasteiger partial charge in [-0.15, -0.1) is 0 Å². The molecule has 1 aromatic rings. The Morgan fingerprint density at radius 1 is 1.42 bits per heavy atom. The van der Waals surface area contributed by atoms with Crippen molar-refractivity contribution in [3.05, 3.63) is 23.9 Å². The van der Waals surface area contributed by atoms with Crippen molar-refractivity contribution < 1.29 is 4.79 Å². The van der Waals surface area contributed by atoms with Gasteiger partial charge in [0.15, 0.2) is 0 Å². The normalized spacial score (nSPS) is 12.0. The van der Waals surface area contributed by atoms with E-state index in [0.29, 0.717) is 13.0 Å². The number of pyridine rings is 1. The second-order valence-corrected chi connectivity index (χ2v) is 4.66. The molecular formula is C14H24N4O. The van der Waals surface area contributed by atoms with Crippen molar-refractivity contribution in [3.8, 4) is 0 Å². The van der Waals surface area contributed by atoms with Crippen molar-refractivity contribution in [2.75, 3.05) is 18.0 Å². The first-order chi connectivity index (χ1) is 9.06. The number of carbonyl (C=O) groups excluding carboxylic acids is 1. The highest BCUT2D eigenvalue weighted by molar-refractivity contribution is 5.76. The summed E-state index contributed by atoms with van der Waals surface area (Å²) in [6.45, 7) is 8.40. The van der Waals surface area contributed by atoms with E-state index in [0.717, 1.165) is 24.5 Å². The molecule has 1 aromatic heterocycles. The Morgan fingerprint density at radius 2 is 2.11 bits per heavy atom. The third kappa shape index (κ3) is 5.26. The zero-order valence-electron chi connectivity index (χ0n) is 12.0. The van der Waals surface area contributed by atoms with Crippen molar-refractivity contribution in [2.24, 2.45) is 5.73 Å². The highest BCUT2D eigenvalue weighted by atomic mass is 16.1.